The summed E-state index contributed by atoms with van der Waals surface area (Å²) in [6, 6.07) is 19.1. The molecule has 2 aromatic carbocycles. The highest BCUT2D eigenvalue weighted by Gasteiger charge is 2.31. The highest BCUT2D eigenvalue weighted by molar-refractivity contribution is 5.60. The van der Waals surface area contributed by atoms with E-state index in [2.05, 4.69) is 0 Å². The average Bonchev–Trinajstić information content (AvgIpc) is 2.61. The topological polar surface area (TPSA) is 44.8 Å². The standard InChI is InChI=1S/C20H24O4/c1-5-20(4,17-14-10-7-11-15-17)24-23-18(21)22-19(2,3)16-12-8-6-9-13-16/h6-15H,5H2,1-4H3. The van der Waals surface area contributed by atoms with E-state index < -0.39 is 17.4 Å². The molecular weight excluding hydrogens is 304 g/mol. The Hall–Kier alpha value is -2.33. The molecule has 4 nitrogen and oxygen atoms in total. The Labute approximate surface area is 143 Å². The van der Waals surface area contributed by atoms with Gasteiger partial charge in [-0.15, -0.1) is 0 Å². The molecule has 0 N–H and O–H groups in total. The third-order valence-electron chi connectivity index (χ3n) is 4.16. The van der Waals surface area contributed by atoms with Gasteiger partial charge in [-0.1, -0.05) is 67.6 Å². The van der Waals surface area contributed by atoms with Crippen molar-refractivity contribution in [1.29, 1.82) is 0 Å². The Morgan fingerprint density at radius 1 is 0.875 bits per heavy atom. The van der Waals surface area contributed by atoms with Gasteiger partial charge in [-0.25, -0.2) is 4.79 Å². The highest BCUT2D eigenvalue weighted by Crippen LogP contribution is 2.30. The van der Waals surface area contributed by atoms with Crippen LogP contribution in [-0.2, 0) is 25.7 Å². The number of rotatable bonds is 6. The summed E-state index contributed by atoms with van der Waals surface area (Å²) in [6.07, 6.45) is -0.216. The maximum Gasteiger partial charge on any atom is 0.541 e. The fraction of sp³-hybridized carbons (Fsp3) is 0.350. The van der Waals surface area contributed by atoms with Crippen LogP contribution in [-0.4, -0.2) is 6.16 Å². The highest BCUT2D eigenvalue weighted by atomic mass is 17.2. The molecule has 0 aliphatic rings. The third-order valence-corrected chi connectivity index (χ3v) is 4.16. The Bertz CT molecular complexity index is 652. The summed E-state index contributed by atoms with van der Waals surface area (Å²) in [6.45, 7) is 7.45. The minimum Gasteiger partial charge on any atom is -0.421 e. The van der Waals surface area contributed by atoms with Gasteiger partial charge in [0.2, 0.25) is 0 Å². The number of carbonyl (C=O) groups is 1. The summed E-state index contributed by atoms with van der Waals surface area (Å²) >= 11 is 0. The van der Waals surface area contributed by atoms with Gasteiger partial charge in [-0.3, -0.25) is 4.89 Å². The molecule has 1 atom stereocenters. The molecule has 2 aromatic rings. The minimum atomic E-state index is -0.862. The molecule has 0 bridgehead atoms. The van der Waals surface area contributed by atoms with Crippen molar-refractivity contribution in [2.24, 2.45) is 0 Å². The first-order chi connectivity index (χ1) is 11.4. The number of ether oxygens (including phenoxy) is 1. The molecule has 0 saturated heterocycles. The molecule has 1 unspecified atom stereocenters. The predicted molar refractivity (Wildman–Crippen MR) is 92.2 cm³/mol. The van der Waals surface area contributed by atoms with Crippen molar-refractivity contribution >= 4 is 6.16 Å². The van der Waals surface area contributed by atoms with Crippen LogP contribution in [0.1, 0.15) is 45.2 Å². The largest absolute Gasteiger partial charge is 0.541 e. The lowest BCUT2D eigenvalue weighted by molar-refractivity contribution is -0.332. The lowest BCUT2D eigenvalue weighted by Gasteiger charge is -2.28. The van der Waals surface area contributed by atoms with Gasteiger partial charge < -0.3 is 4.74 Å². The molecule has 0 aliphatic carbocycles. The van der Waals surface area contributed by atoms with Crippen LogP contribution >= 0.6 is 0 Å². The second-order valence-electron chi connectivity index (χ2n) is 6.35. The smallest absolute Gasteiger partial charge is 0.421 e. The van der Waals surface area contributed by atoms with Crippen LogP contribution in [0.2, 0.25) is 0 Å². The van der Waals surface area contributed by atoms with Crippen LogP contribution in [0.15, 0.2) is 60.7 Å². The Balaban J connectivity index is 2.00. The molecule has 2 rings (SSSR count). The Morgan fingerprint density at radius 2 is 1.38 bits per heavy atom. The summed E-state index contributed by atoms with van der Waals surface area (Å²) in [5.41, 5.74) is 0.278. The number of hydrogen-bond acceptors (Lipinski definition) is 4. The van der Waals surface area contributed by atoms with E-state index in [1.165, 1.54) is 0 Å². The molecule has 0 saturated carbocycles. The van der Waals surface area contributed by atoms with E-state index in [4.69, 9.17) is 14.5 Å². The minimum absolute atomic E-state index is 0.645. The van der Waals surface area contributed by atoms with E-state index in [9.17, 15) is 4.79 Å². The van der Waals surface area contributed by atoms with Gasteiger partial charge in [-0.05, 0) is 38.3 Å². The van der Waals surface area contributed by atoms with E-state index in [1.54, 1.807) is 13.8 Å². The van der Waals surface area contributed by atoms with Crippen molar-refractivity contribution in [3.05, 3.63) is 71.8 Å². The molecule has 0 radical (unpaired) electrons. The molecular formula is C20H24O4. The van der Waals surface area contributed by atoms with E-state index >= 15 is 0 Å². The van der Waals surface area contributed by atoms with Gasteiger partial charge in [0.1, 0.15) is 11.2 Å². The number of carbonyl (C=O) groups excluding carboxylic acids is 1. The van der Waals surface area contributed by atoms with Gasteiger partial charge in [0.25, 0.3) is 0 Å². The van der Waals surface area contributed by atoms with Gasteiger partial charge in [0.05, 0.1) is 0 Å². The first-order valence-corrected chi connectivity index (χ1v) is 8.07. The van der Waals surface area contributed by atoms with Crippen molar-refractivity contribution in [2.45, 2.75) is 45.3 Å². The lowest BCUT2D eigenvalue weighted by Crippen LogP contribution is -2.30. The SMILES string of the molecule is CCC(C)(OOC(=O)OC(C)(C)c1ccccc1)c1ccccc1. The second-order valence-corrected chi connectivity index (χ2v) is 6.35. The summed E-state index contributed by atoms with van der Waals surface area (Å²) in [5.74, 6) is 0. The average molecular weight is 328 g/mol. The molecule has 24 heavy (non-hydrogen) atoms. The zero-order valence-corrected chi connectivity index (χ0v) is 14.6. The van der Waals surface area contributed by atoms with E-state index in [1.807, 2.05) is 74.5 Å². The summed E-state index contributed by atoms with van der Waals surface area (Å²) in [5, 5.41) is 0. The maximum absolute atomic E-state index is 12.1. The van der Waals surface area contributed by atoms with Gasteiger partial charge >= 0.3 is 6.16 Å². The van der Waals surface area contributed by atoms with Crippen molar-refractivity contribution in [3.63, 3.8) is 0 Å². The summed E-state index contributed by atoms with van der Waals surface area (Å²) < 4.78 is 5.41. The van der Waals surface area contributed by atoms with Crippen LogP contribution < -0.4 is 0 Å². The molecule has 4 heteroatoms. The summed E-state index contributed by atoms with van der Waals surface area (Å²) in [4.78, 5) is 22.4. The zero-order valence-electron chi connectivity index (χ0n) is 14.6. The maximum atomic E-state index is 12.1. The van der Waals surface area contributed by atoms with Crippen molar-refractivity contribution < 1.29 is 19.3 Å². The molecule has 0 spiro atoms. The zero-order chi connectivity index (χ0) is 17.6. The molecule has 0 fully saturated rings. The van der Waals surface area contributed by atoms with E-state index in [0.29, 0.717) is 6.42 Å². The predicted octanol–water partition coefficient (Wildman–Crippen LogP) is 5.33. The quantitative estimate of drug-likeness (QED) is 0.408. The van der Waals surface area contributed by atoms with Crippen LogP contribution in [0, 0.1) is 0 Å². The molecule has 0 aromatic heterocycles. The Morgan fingerprint density at radius 3 is 1.88 bits per heavy atom. The normalized spacial score (nSPS) is 13.8. The fourth-order valence-electron chi connectivity index (χ4n) is 2.35. The van der Waals surface area contributed by atoms with Crippen molar-refractivity contribution in [2.75, 3.05) is 0 Å². The van der Waals surface area contributed by atoms with Crippen LogP contribution in [0.4, 0.5) is 4.79 Å². The third kappa shape index (κ3) is 4.36. The molecule has 128 valence electrons. The van der Waals surface area contributed by atoms with Gasteiger partial charge in [0, 0.05) is 0 Å². The van der Waals surface area contributed by atoms with Gasteiger partial charge in [-0.2, -0.15) is 4.89 Å². The van der Waals surface area contributed by atoms with Gasteiger partial charge in [0.15, 0.2) is 0 Å². The molecule has 0 aliphatic heterocycles. The lowest BCUT2D eigenvalue weighted by atomic mass is 9.93. The first-order valence-electron chi connectivity index (χ1n) is 8.07. The molecule has 0 amide bonds. The monoisotopic (exact) mass is 328 g/mol. The second kappa shape index (κ2) is 7.49. The van der Waals surface area contributed by atoms with E-state index in [-0.39, 0.29) is 0 Å². The Kier molecular flexibility index (Phi) is 5.62. The number of hydrogen-bond donors (Lipinski definition) is 0. The van der Waals surface area contributed by atoms with Crippen molar-refractivity contribution in [3.8, 4) is 0 Å². The molecule has 0 heterocycles. The fourth-order valence-corrected chi connectivity index (χ4v) is 2.35. The number of benzene rings is 2. The first kappa shape index (κ1) is 18.0. The van der Waals surface area contributed by atoms with Crippen molar-refractivity contribution in [1.82, 2.24) is 0 Å². The van der Waals surface area contributed by atoms with Crippen LogP contribution in [0.3, 0.4) is 0 Å². The summed E-state index contributed by atoms with van der Waals surface area (Å²) in [7, 11) is 0. The van der Waals surface area contributed by atoms with E-state index in [0.717, 1.165) is 11.1 Å². The van der Waals surface area contributed by atoms with Crippen LogP contribution in [0.5, 0.6) is 0 Å². The van der Waals surface area contributed by atoms with Crippen LogP contribution in [0.25, 0.3) is 0 Å².